The normalized spacial score (nSPS) is 14.1. The lowest BCUT2D eigenvalue weighted by atomic mass is 9.93. The SMILES string of the molecule is CCCCC(CC)CCC(O)COc1ncncn1. The fourth-order valence-electron chi connectivity index (χ4n) is 2.03. The molecule has 2 atom stereocenters. The monoisotopic (exact) mass is 267 g/mol. The molecule has 0 amide bonds. The van der Waals surface area contributed by atoms with Gasteiger partial charge in [-0.3, -0.25) is 0 Å². The largest absolute Gasteiger partial charge is 0.461 e. The molecule has 0 aliphatic carbocycles. The van der Waals surface area contributed by atoms with E-state index in [1.54, 1.807) is 0 Å². The topological polar surface area (TPSA) is 68.1 Å². The van der Waals surface area contributed by atoms with Gasteiger partial charge in [0.25, 0.3) is 0 Å². The molecule has 5 nitrogen and oxygen atoms in total. The summed E-state index contributed by atoms with van der Waals surface area (Å²) in [5.41, 5.74) is 0. The highest BCUT2D eigenvalue weighted by Crippen LogP contribution is 2.19. The number of aliphatic hydroxyl groups excluding tert-OH is 1. The molecule has 0 fully saturated rings. The molecule has 19 heavy (non-hydrogen) atoms. The predicted octanol–water partition coefficient (Wildman–Crippen LogP) is 2.61. The van der Waals surface area contributed by atoms with Gasteiger partial charge in [0.2, 0.25) is 0 Å². The average molecular weight is 267 g/mol. The van der Waals surface area contributed by atoms with E-state index in [4.69, 9.17) is 4.74 Å². The molecule has 0 bridgehead atoms. The van der Waals surface area contributed by atoms with Crippen molar-refractivity contribution in [2.45, 2.75) is 58.5 Å². The van der Waals surface area contributed by atoms with Crippen LogP contribution in [-0.2, 0) is 0 Å². The maximum atomic E-state index is 9.88. The van der Waals surface area contributed by atoms with Crippen LogP contribution in [0.2, 0.25) is 0 Å². The van der Waals surface area contributed by atoms with Crippen molar-refractivity contribution in [3.8, 4) is 6.01 Å². The molecule has 0 aromatic carbocycles. The van der Waals surface area contributed by atoms with E-state index in [1.807, 2.05) is 0 Å². The number of hydrogen-bond acceptors (Lipinski definition) is 5. The second-order valence-corrected chi connectivity index (χ2v) is 4.88. The summed E-state index contributed by atoms with van der Waals surface area (Å²) >= 11 is 0. The summed E-state index contributed by atoms with van der Waals surface area (Å²) in [7, 11) is 0. The first kappa shape index (κ1) is 15.8. The van der Waals surface area contributed by atoms with Crippen LogP contribution in [0, 0.1) is 5.92 Å². The third kappa shape index (κ3) is 7.06. The van der Waals surface area contributed by atoms with Crippen molar-refractivity contribution < 1.29 is 9.84 Å². The standard InChI is InChI=1S/C14H25N3O2/c1-3-5-6-12(4-2)7-8-13(18)9-19-14-16-10-15-11-17-14/h10-13,18H,3-9H2,1-2H3. The Balaban J connectivity index is 2.18. The maximum absolute atomic E-state index is 9.88. The van der Waals surface area contributed by atoms with E-state index in [2.05, 4.69) is 28.8 Å². The second-order valence-electron chi connectivity index (χ2n) is 4.88. The Morgan fingerprint density at radius 1 is 1.16 bits per heavy atom. The Labute approximate surface area is 115 Å². The van der Waals surface area contributed by atoms with Crippen LogP contribution >= 0.6 is 0 Å². The zero-order valence-electron chi connectivity index (χ0n) is 12.0. The number of aliphatic hydroxyl groups is 1. The van der Waals surface area contributed by atoms with E-state index in [9.17, 15) is 5.11 Å². The first-order valence-corrected chi connectivity index (χ1v) is 7.19. The van der Waals surface area contributed by atoms with Gasteiger partial charge in [0.1, 0.15) is 19.3 Å². The summed E-state index contributed by atoms with van der Waals surface area (Å²) < 4.78 is 5.30. The lowest BCUT2D eigenvalue weighted by Crippen LogP contribution is -2.19. The number of ether oxygens (including phenoxy) is 1. The van der Waals surface area contributed by atoms with Crippen molar-refractivity contribution in [2.75, 3.05) is 6.61 Å². The molecular weight excluding hydrogens is 242 g/mol. The van der Waals surface area contributed by atoms with Crippen LogP contribution in [0.3, 0.4) is 0 Å². The lowest BCUT2D eigenvalue weighted by molar-refractivity contribution is 0.0879. The van der Waals surface area contributed by atoms with Crippen molar-refractivity contribution in [1.29, 1.82) is 0 Å². The molecule has 1 heterocycles. The van der Waals surface area contributed by atoms with E-state index in [0.29, 0.717) is 5.92 Å². The Bertz CT molecular complexity index is 322. The summed E-state index contributed by atoms with van der Waals surface area (Å²) in [5, 5.41) is 9.88. The molecule has 0 spiro atoms. The van der Waals surface area contributed by atoms with Gasteiger partial charge in [0.15, 0.2) is 0 Å². The van der Waals surface area contributed by atoms with Gasteiger partial charge in [-0.2, -0.15) is 9.97 Å². The van der Waals surface area contributed by atoms with Crippen LogP contribution < -0.4 is 4.74 Å². The lowest BCUT2D eigenvalue weighted by Gasteiger charge is -2.17. The summed E-state index contributed by atoms with van der Waals surface area (Å²) in [5.74, 6) is 0.715. The summed E-state index contributed by atoms with van der Waals surface area (Å²) in [6, 6.07) is 0.270. The van der Waals surface area contributed by atoms with Crippen molar-refractivity contribution >= 4 is 0 Å². The van der Waals surface area contributed by atoms with Crippen LogP contribution in [0.25, 0.3) is 0 Å². The number of hydrogen-bond donors (Lipinski definition) is 1. The van der Waals surface area contributed by atoms with Crippen LogP contribution in [-0.4, -0.2) is 32.8 Å². The molecule has 1 rings (SSSR count). The first-order chi connectivity index (χ1) is 9.26. The molecular formula is C14H25N3O2. The zero-order chi connectivity index (χ0) is 13.9. The van der Waals surface area contributed by atoms with Crippen molar-refractivity contribution in [3.05, 3.63) is 12.7 Å². The molecule has 2 unspecified atom stereocenters. The van der Waals surface area contributed by atoms with Gasteiger partial charge >= 0.3 is 6.01 Å². The van der Waals surface area contributed by atoms with Gasteiger partial charge < -0.3 is 9.84 Å². The van der Waals surface area contributed by atoms with Crippen LogP contribution in [0.5, 0.6) is 6.01 Å². The summed E-state index contributed by atoms with van der Waals surface area (Å²) in [4.78, 5) is 11.4. The Morgan fingerprint density at radius 2 is 1.89 bits per heavy atom. The van der Waals surface area contributed by atoms with Gasteiger partial charge in [-0.25, -0.2) is 4.98 Å². The van der Waals surface area contributed by atoms with Crippen LogP contribution in [0.4, 0.5) is 0 Å². The highest BCUT2D eigenvalue weighted by atomic mass is 16.5. The Hall–Kier alpha value is -1.23. The van der Waals surface area contributed by atoms with E-state index >= 15 is 0 Å². The molecule has 0 aliphatic rings. The minimum absolute atomic E-state index is 0.244. The molecule has 1 N–H and O–H groups in total. The van der Waals surface area contributed by atoms with Gasteiger partial charge in [-0.1, -0.05) is 39.5 Å². The number of rotatable bonds is 10. The molecule has 0 saturated heterocycles. The predicted molar refractivity (Wildman–Crippen MR) is 73.9 cm³/mol. The van der Waals surface area contributed by atoms with Gasteiger partial charge in [0.05, 0.1) is 6.10 Å². The van der Waals surface area contributed by atoms with Gasteiger partial charge in [-0.15, -0.1) is 0 Å². The molecule has 1 aromatic heterocycles. The Kier molecular flexibility index (Phi) is 8.05. The zero-order valence-corrected chi connectivity index (χ0v) is 12.0. The molecule has 0 aliphatic heterocycles. The third-order valence-corrected chi connectivity index (χ3v) is 3.33. The number of nitrogens with zero attached hydrogens (tertiary/aromatic N) is 3. The first-order valence-electron chi connectivity index (χ1n) is 7.19. The maximum Gasteiger partial charge on any atom is 0.319 e. The smallest absolute Gasteiger partial charge is 0.319 e. The van der Waals surface area contributed by atoms with Crippen LogP contribution in [0.1, 0.15) is 52.4 Å². The van der Waals surface area contributed by atoms with Gasteiger partial charge in [-0.05, 0) is 18.8 Å². The fourth-order valence-corrected chi connectivity index (χ4v) is 2.03. The van der Waals surface area contributed by atoms with Gasteiger partial charge in [0, 0.05) is 0 Å². The molecule has 5 heteroatoms. The van der Waals surface area contributed by atoms with E-state index < -0.39 is 6.10 Å². The number of unbranched alkanes of at least 4 members (excludes halogenated alkanes) is 1. The van der Waals surface area contributed by atoms with E-state index in [-0.39, 0.29) is 12.6 Å². The Morgan fingerprint density at radius 3 is 2.53 bits per heavy atom. The number of aromatic nitrogens is 3. The van der Waals surface area contributed by atoms with Crippen molar-refractivity contribution in [2.24, 2.45) is 5.92 Å². The average Bonchev–Trinajstić information content (AvgIpc) is 2.46. The molecule has 0 saturated carbocycles. The van der Waals surface area contributed by atoms with Crippen molar-refractivity contribution in [1.82, 2.24) is 15.0 Å². The van der Waals surface area contributed by atoms with E-state index in [1.165, 1.54) is 38.3 Å². The molecule has 108 valence electrons. The molecule has 1 aromatic rings. The van der Waals surface area contributed by atoms with E-state index in [0.717, 1.165) is 12.8 Å². The third-order valence-electron chi connectivity index (χ3n) is 3.33. The summed E-state index contributed by atoms with van der Waals surface area (Å²) in [6.07, 6.45) is 9.09. The highest BCUT2D eigenvalue weighted by Gasteiger charge is 2.11. The molecule has 0 radical (unpaired) electrons. The van der Waals surface area contributed by atoms with Crippen molar-refractivity contribution in [3.63, 3.8) is 0 Å². The minimum Gasteiger partial charge on any atom is -0.461 e. The minimum atomic E-state index is -0.451. The second kappa shape index (κ2) is 9.67. The quantitative estimate of drug-likeness (QED) is 0.705. The summed E-state index contributed by atoms with van der Waals surface area (Å²) in [6.45, 7) is 4.67. The fraction of sp³-hybridized carbons (Fsp3) is 0.786. The van der Waals surface area contributed by atoms with Crippen LogP contribution in [0.15, 0.2) is 12.7 Å². The highest BCUT2D eigenvalue weighted by molar-refractivity contribution is 4.87.